The van der Waals surface area contributed by atoms with Crippen LogP contribution in [-0.4, -0.2) is 29.6 Å². The van der Waals surface area contributed by atoms with Crippen molar-refractivity contribution >= 4 is 5.91 Å². The maximum atomic E-state index is 12.6. The molecule has 1 heterocycles. The first-order valence-corrected chi connectivity index (χ1v) is 9.07. The first-order chi connectivity index (χ1) is 10.0. The predicted octanol–water partition coefficient (Wildman–Crippen LogP) is 3.79. The number of hydrogen-bond acceptors (Lipinski definition) is 2. The monoisotopic (exact) mass is 294 g/mol. The average molecular weight is 294 g/mol. The average Bonchev–Trinajstić information content (AvgIpc) is 2.72. The Morgan fingerprint density at radius 2 is 2.10 bits per heavy atom. The molecule has 2 rings (SSSR count). The molecule has 1 saturated carbocycles. The van der Waals surface area contributed by atoms with Crippen molar-refractivity contribution in [2.45, 2.75) is 84.8 Å². The van der Waals surface area contributed by atoms with Crippen molar-refractivity contribution < 1.29 is 4.79 Å². The third-order valence-electron chi connectivity index (χ3n) is 5.27. The molecule has 0 aromatic carbocycles. The number of carbonyl (C=O) groups excluding carboxylic acids is 1. The van der Waals surface area contributed by atoms with Gasteiger partial charge in [-0.3, -0.25) is 10.1 Å². The van der Waals surface area contributed by atoms with Gasteiger partial charge in [0, 0.05) is 6.54 Å². The van der Waals surface area contributed by atoms with Crippen LogP contribution in [0.5, 0.6) is 0 Å². The number of amides is 1. The fourth-order valence-electron chi connectivity index (χ4n) is 4.14. The Labute approximate surface area is 130 Å². The first kappa shape index (κ1) is 16.8. The van der Waals surface area contributed by atoms with Crippen LogP contribution in [0.15, 0.2) is 0 Å². The van der Waals surface area contributed by atoms with Crippen molar-refractivity contribution in [1.82, 2.24) is 10.2 Å². The van der Waals surface area contributed by atoms with E-state index in [4.69, 9.17) is 0 Å². The molecule has 1 aliphatic heterocycles. The summed E-state index contributed by atoms with van der Waals surface area (Å²) in [4.78, 5) is 14.7. The third-order valence-corrected chi connectivity index (χ3v) is 5.27. The van der Waals surface area contributed by atoms with Crippen molar-refractivity contribution in [2.24, 2.45) is 17.8 Å². The van der Waals surface area contributed by atoms with Crippen molar-refractivity contribution in [2.75, 3.05) is 6.54 Å². The van der Waals surface area contributed by atoms with Crippen LogP contribution in [-0.2, 0) is 4.79 Å². The van der Waals surface area contributed by atoms with E-state index >= 15 is 0 Å². The molecule has 3 nitrogen and oxygen atoms in total. The minimum absolute atomic E-state index is 0.0558. The highest BCUT2D eigenvalue weighted by molar-refractivity contribution is 5.84. The summed E-state index contributed by atoms with van der Waals surface area (Å²) in [6, 6.07) is 0.0558. The van der Waals surface area contributed by atoms with Crippen LogP contribution in [0.2, 0.25) is 0 Å². The van der Waals surface area contributed by atoms with E-state index in [0.29, 0.717) is 11.8 Å². The SMILES string of the molecule is CCC1NC(CC(C)C)C(=O)N1CCC1CCCC(C)C1. The van der Waals surface area contributed by atoms with Gasteiger partial charge in [-0.1, -0.05) is 47.0 Å². The van der Waals surface area contributed by atoms with Crippen molar-refractivity contribution in [3.8, 4) is 0 Å². The Kier molecular flexibility index (Phi) is 6.09. The topological polar surface area (TPSA) is 32.3 Å². The quantitative estimate of drug-likeness (QED) is 0.808. The molecule has 0 aromatic heterocycles. The maximum absolute atomic E-state index is 12.6. The predicted molar refractivity (Wildman–Crippen MR) is 87.9 cm³/mol. The molecule has 1 amide bonds. The molecule has 4 unspecified atom stereocenters. The Hall–Kier alpha value is -0.570. The van der Waals surface area contributed by atoms with Gasteiger partial charge in [0.25, 0.3) is 0 Å². The largest absolute Gasteiger partial charge is 0.326 e. The fraction of sp³-hybridized carbons (Fsp3) is 0.944. The molecule has 0 radical (unpaired) electrons. The molecule has 2 aliphatic rings. The highest BCUT2D eigenvalue weighted by atomic mass is 16.2. The van der Waals surface area contributed by atoms with Crippen LogP contribution in [0, 0.1) is 17.8 Å². The summed E-state index contributed by atoms with van der Waals surface area (Å²) in [5, 5.41) is 3.54. The van der Waals surface area contributed by atoms with Crippen LogP contribution in [0.1, 0.15) is 72.6 Å². The van der Waals surface area contributed by atoms with Crippen molar-refractivity contribution in [3.05, 3.63) is 0 Å². The summed E-state index contributed by atoms with van der Waals surface area (Å²) in [6.45, 7) is 9.90. The highest BCUT2D eigenvalue weighted by Gasteiger charge is 2.37. The van der Waals surface area contributed by atoms with Gasteiger partial charge >= 0.3 is 0 Å². The first-order valence-electron chi connectivity index (χ1n) is 9.07. The smallest absolute Gasteiger partial charge is 0.241 e. The van der Waals surface area contributed by atoms with Crippen LogP contribution >= 0.6 is 0 Å². The molecule has 1 aliphatic carbocycles. The number of nitrogens with one attached hydrogen (secondary N) is 1. The van der Waals surface area contributed by atoms with E-state index in [-0.39, 0.29) is 12.2 Å². The molecule has 0 spiro atoms. The molecule has 122 valence electrons. The lowest BCUT2D eigenvalue weighted by Crippen LogP contribution is -2.38. The number of rotatable bonds is 6. The number of hydrogen-bond donors (Lipinski definition) is 1. The minimum Gasteiger partial charge on any atom is -0.326 e. The van der Waals surface area contributed by atoms with E-state index in [1.165, 1.54) is 32.1 Å². The van der Waals surface area contributed by atoms with Gasteiger partial charge in [0.1, 0.15) is 0 Å². The normalized spacial score (nSPS) is 34.0. The second kappa shape index (κ2) is 7.62. The molecule has 3 heteroatoms. The van der Waals surface area contributed by atoms with E-state index in [1.54, 1.807) is 0 Å². The Balaban J connectivity index is 1.86. The maximum Gasteiger partial charge on any atom is 0.241 e. The lowest BCUT2D eigenvalue weighted by atomic mass is 9.81. The molecule has 4 atom stereocenters. The van der Waals surface area contributed by atoms with Crippen molar-refractivity contribution in [3.63, 3.8) is 0 Å². The van der Waals surface area contributed by atoms with E-state index in [2.05, 4.69) is 37.9 Å². The third kappa shape index (κ3) is 4.45. The van der Waals surface area contributed by atoms with E-state index in [9.17, 15) is 4.79 Å². The van der Waals surface area contributed by atoms with Gasteiger partial charge in [-0.2, -0.15) is 0 Å². The number of carbonyl (C=O) groups is 1. The van der Waals surface area contributed by atoms with Crippen molar-refractivity contribution in [1.29, 1.82) is 0 Å². The zero-order chi connectivity index (χ0) is 15.4. The second-order valence-electron chi connectivity index (χ2n) is 7.73. The summed E-state index contributed by atoms with van der Waals surface area (Å²) < 4.78 is 0. The summed E-state index contributed by atoms with van der Waals surface area (Å²) in [6.07, 6.45) is 8.95. The summed E-state index contributed by atoms with van der Waals surface area (Å²) in [7, 11) is 0. The Morgan fingerprint density at radius 1 is 1.33 bits per heavy atom. The van der Waals surface area contributed by atoms with E-state index in [0.717, 1.165) is 31.2 Å². The summed E-state index contributed by atoms with van der Waals surface area (Å²) in [5.74, 6) is 2.64. The highest BCUT2D eigenvalue weighted by Crippen LogP contribution is 2.31. The van der Waals surface area contributed by atoms with E-state index in [1.807, 2.05) is 0 Å². The Morgan fingerprint density at radius 3 is 2.71 bits per heavy atom. The van der Waals surface area contributed by atoms with Gasteiger partial charge in [0.2, 0.25) is 5.91 Å². The molecule has 0 aromatic rings. The zero-order valence-electron chi connectivity index (χ0n) is 14.4. The Bertz CT molecular complexity index is 342. The lowest BCUT2D eigenvalue weighted by molar-refractivity contribution is -0.130. The van der Waals surface area contributed by atoms with Gasteiger partial charge < -0.3 is 4.90 Å². The van der Waals surface area contributed by atoms with Crippen LogP contribution in [0.4, 0.5) is 0 Å². The van der Waals surface area contributed by atoms with Crippen LogP contribution in [0.3, 0.4) is 0 Å². The number of nitrogens with zero attached hydrogens (tertiary/aromatic N) is 1. The standard InChI is InChI=1S/C18H34N2O/c1-5-17-19-16(11-13(2)3)18(21)20(17)10-9-15-8-6-7-14(4)12-15/h13-17,19H,5-12H2,1-4H3. The van der Waals surface area contributed by atoms with Crippen LogP contribution < -0.4 is 5.32 Å². The fourth-order valence-corrected chi connectivity index (χ4v) is 4.14. The van der Waals surface area contributed by atoms with Crippen LogP contribution in [0.25, 0.3) is 0 Å². The molecular formula is C18H34N2O. The van der Waals surface area contributed by atoms with Gasteiger partial charge in [0.05, 0.1) is 12.2 Å². The molecule has 0 bridgehead atoms. The molecule has 21 heavy (non-hydrogen) atoms. The van der Waals surface area contributed by atoms with Gasteiger partial charge in [-0.05, 0) is 43.4 Å². The second-order valence-corrected chi connectivity index (χ2v) is 7.73. The molecule has 1 saturated heterocycles. The minimum atomic E-state index is 0.0558. The molecule has 1 N–H and O–H groups in total. The van der Waals surface area contributed by atoms with Gasteiger partial charge in [-0.15, -0.1) is 0 Å². The summed E-state index contributed by atoms with van der Waals surface area (Å²) in [5.41, 5.74) is 0. The van der Waals surface area contributed by atoms with E-state index < -0.39 is 0 Å². The zero-order valence-corrected chi connectivity index (χ0v) is 14.4. The summed E-state index contributed by atoms with van der Waals surface area (Å²) >= 11 is 0. The van der Waals surface area contributed by atoms with Gasteiger partial charge in [-0.25, -0.2) is 0 Å². The molecule has 2 fully saturated rings. The lowest BCUT2D eigenvalue weighted by Gasteiger charge is -2.30. The molecular weight excluding hydrogens is 260 g/mol. The van der Waals surface area contributed by atoms with Gasteiger partial charge in [0.15, 0.2) is 0 Å².